The van der Waals surface area contributed by atoms with Crippen LogP contribution in [0.3, 0.4) is 0 Å². The minimum atomic E-state index is -0.460. The summed E-state index contributed by atoms with van der Waals surface area (Å²) in [5.74, 6) is 1.30. The van der Waals surface area contributed by atoms with Crippen LogP contribution in [0.5, 0.6) is 0 Å². The van der Waals surface area contributed by atoms with Gasteiger partial charge in [0, 0.05) is 37.6 Å². The second-order valence-corrected chi connectivity index (χ2v) is 11.8. The monoisotopic (exact) mass is 468 g/mol. The van der Waals surface area contributed by atoms with Crippen LogP contribution in [0.15, 0.2) is 95.1 Å². The maximum atomic E-state index is 2.59. The first-order valence-corrected chi connectivity index (χ1v) is 13.0. The fraction of sp³-hybridized carbons (Fsp3) is 0.133. The number of rotatable bonds is 0. The van der Waals surface area contributed by atoms with E-state index in [1.54, 1.807) is 0 Å². The van der Waals surface area contributed by atoms with Gasteiger partial charge in [0.05, 0.1) is 18.0 Å². The van der Waals surface area contributed by atoms with Crippen LogP contribution in [-0.2, 0) is 11.1 Å². The highest BCUT2D eigenvalue weighted by atomic mass is 32.2. The van der Waals surface area contributed by atoms with Crippen LogP contribution in [0.4, 0.5) is 0 Å². The zero-order valence-electron chi connectivity index (χ0n) is 19.3. The first-order valence-electron chi connectivity index (χ1n) is 12.2. The van der Waals surface area contributed by atoms with Crippen molar-refractivity contribution in [2.45, 2.75) is 34.7 Å². The zero-order valence-corrected chi connectivity index (χ0v) is 20.1. The van der Waals surface area contributed by atoms with E-state index >= 15 is 0 Å². The van der Waals surface area contributed by atoms with Crippen LogP contribution >= 0.6 is 11.8 Å². The van der Waals surface area contributed by atoms with Gasteiger partial charge in [0.25, 0.3) is 5.82 Å². The molecular formula is C30H20N4S+2. The van der Waals surface area contributed by atoms with Gasteiger partial charge in [-0.2, -0.15) is 9.13 Å². The summed E-state index contributed by atoms with van der Waals surface area (Å²) in [6.45, 7) is 4.77. The molecule has 0 fully saturated rings. The number of hydrogen-bond acceptors (Lipinski definition) is 1. The van der Waals surface area contributed by atoms with Crippen molar-refractivity contribution >= 4 is 33.6 Å². The van der Waals surface area contributed by atoms with Gasteiger partial charge in [-0.05, 0) is 42.5 Å². The van der Waals surface area contributed by atoms with Gasteiger partial charge in [0.2, 0.25) is 6.20 Å². The number of benzene rings is 3. The largest absolute Gasteiger partial charge is 0.392 e. The topological polar surface area (TPSA) is 17.6 Å². The molecule has 1 unspecified atom stereocenters. The van der Waals surface area contributed by atoms with Gasteiger partial charge in [-0.3, -0.25) is 0 Å². The average Bonchev–Trinajstić information content (AvgIpc) is 3.56. The third-order valence-corrected chi connectivity index (χ3v) is 10.1. The van der Waals surface area contributed by atoms with Gasteiger partial charge in [-0.1, -0.05) is 48.5 Å². The van der Waals surface area contributed by atoms with Crippen molar-refractivity contribution < 1.29 is 9.25 Å². The van der Waals surface area contributed by atoms with Gasteiger partial charge in [-0.15, -0.1) is 4.68 Å². The van der Waals surface area contributed by atoms with Gasteiger partial charge in [0.15, 0.2) is 5.52 Å². The van der Waals surface area contributed by atoms with Crippen molar-refractivity contribution in [3.05, 3.63) is 108 Å². The normalized spacial score (nSPS) is 20.5. The minimum Gasteiger partial charge on any atom is -0.190 e. The number of fused-ring (bicyclic) bond motifs is 3. The summed E-state index contributed by atoms with van der Waals surface area (Å²) >= 11 is 1.92. The molecule has 7 heterocycles. The lowest BCUT2D eigenvalue weighted by Crippen LogP contribution is -2.77. The van der Waals surface area contributed by atoms with Crippen LogP contribution in [0.2, 0.25) is 0 Å². The molecule has 1 spiro atoms. The zero-order chi connectivity index (χ0) is 22.8. The van der Waals surface area contributed by atoms with E-state index in [9.17, 15) is 0 Å². The van der Waals surface area contributed by atoms with Gasteiger partial charge >= 0.3 is 5.66 Å². The fourth-order valence-corrected chi connectivity index (χ4v) is 8.88. The smallest absolute Gasteiger partial charge is 0.190 e. The first-order chi connectivity index (χ1) is 17.1. The molecule has 4 nitrogen and oxygen atoms in total. The highest BCUT2D eigenvalue weighted by Gasteiger charge is 2.68. The van der Waals surface area contributed by atoms with Crippen LogP contribution in [0, 0.1) is 0 Å². The Bertz CT molecular complexity index is 2020. The van der Waals surface area contributed by atoms with Crippen molar-refractivity contribution in [2.24, 2.45) is 0 Å². The molecule has 0 aliphatic carbocycles. The second-order valence-electron chi connectivity index (χ2n) is 10.7. The van der Waals surface area contributed by atoms with Crippen LogP contribution in [0.25, 0.3) is 33.3 Å². The number of pyridine rings is 1. The van der Waals surface area contributed by atoms with Crippen LogP contribution in [0.1, 0.15) is 36.1 Å². The summed E-state index contributed by atoms with van der Waals surface area (Å²) in [6.07, 6.45) is 6.77. The highest BCUT2D eigenvalue weighted by Crippen LogP contribution is 2.57. The molecule has 3 aromatic heterocycles. The Kier molecular flexibility index (Phi) is 2.55. The van der Waals surface area contributed by atoms with E-state index in [-0.39, 0.29) is 5.41 Å². The molecule has 35 heavy (non-hydrogen) atoms. The molecular weight excluding hydrogens is 448 g/mol. The maximum absolute atomic E-state index is 2.59. The number of aromatic nitrogens is 4. The van der Waals surface area contributed by atoms with Crippen molar-refractivity contribution in [3.63, 3.8) is 0 Å². The summed E-state index contributed by atoms with van der Waals surface area (Å²) in [5, 5.41) is 2.71. The molecule has 1 atom stereocenters. The Morgan fingerprint density at radius 3 is 2.51 bits per heavy atom. The Balaban J connectivity index is 1.60. The molecule has 164 valence electrons. The third-order valence-electron chi connectivity index (χ3n) is 8.97. The van der Waals surface area contributed by atoms with Crippen molar-refractivity contribution in [2.75, 3.05) is 0 Å². The lowest BCUT2D eigenvalue weighted by molar-refractivity contribution is -0.994. The SMILES string of the molecule is CC1(C)c2ccc[n+]3c2-n2c4c1cccc4c1ccc4c(c12)C31c2c(cccc2-n2ccc[n+]21)S4. The summed E-state index contributed by atoms with van der Waals surface area (Å²) in [7, 11) is 0. The lowest BCUT2D eigenvalue weighted by Gasteiger charge is -2.37. The molecule has 4 aliphatic heterocycles. The molecule has 0 bridgehead atoms. The highest BCUT2D eigenvalue weighted by molar-refractivity contribution is 7.99. The number of hydrogen-bond donors (Lipinski definition) is 0. The Labute approximate surface area is 205 Å². The van der Waals surface area contributed by atoms with Crippen LogP contribution < -0.4 is 9.25 Å². The van der Waals surface area contributed by atoms with E-state index in [4.69, 9.17) is 0 Å². The second kappa shape index (κ2) is 5.07. The van der Waals surface area contributed by atoms with Crippen molar-refractivity contribution in [1.29, 1.82) is 0 Å². The molecule has 4 aliphatic rings. The minimum absolute atomic E-state index is 0.101. The van der Waals surface area contributed by atoms with Gasteiger partial charge in [-0.25, -0.2) is 0 Å². The van der Waals surface area contributed by atoms with Crippen LogP contribution in [-0.4, -0.2) is 9.25 Å². The van der Waals surface area contributed by atoms with E-state index in [1.807, 2.05) is 11.8 Å². The Morgan fingerprint density at radius 2 is 1.57 bits per heavy atom. The Morgan fingerprint density at radius 1 is 0.743 bits per heavy atom. The Hall–Kier alpha value is -3.83. The van der Waals surface area contributed by atoms with Crippen molar-refractivity contribution in [3.8, 4) is 11.5 Å². The molecule has 0 saturated heterocycles. The molecule has 0 saturated carbocycles. The van der Waals surface area contributed by atoms with E-state index < -0.39 is 5.66 Å². The van der Waals surface area contributed by atoms with E-state index in [1.165, 1.54) is 65.4 Å². The van der Waals surface area contributed by atoms with E-state index in [0.29, 0.717) is 0 Å². The summed E-state index contributed by atoms with van der Waals surface area (Å²) in [5.41, 5.74) is 9.03. The third kappa shape index (κ3) is 1.53. The molecule has 0 N–H and O–H groups in total. The molecule has 10 rings (SSSR count). The molecule has 0 radical (unpaired) electrons. The quantitative estimate of drug-likeness (QED) is 0.281. The maximum Gasteiger partial charge on any atom is 0.392 e. The molecule has 0 amide bonds. The predicted octanol–water partition coefficient (Wildman–Crippen LogP) is 5.18. The predicted molar refractivity (Wildman–Crippen MR) is 135 cm³/mol. The molecule has 6 aromatic rings. The fourth-order valence-electron chi connectivity index (χ4n) is 7.67. The first kappa shape index (κ1) is 17.6. The van der Waals surface area contributed by atoms with Gasteiger partial charge in [0.1, 0.15) is 22.3 Å². The standard InChI is InChI=1S/C30H20N4S/c1-29(2)19-8-3-7-17-18-12-13-23-25-27(18)34(26(17)19)28-20(29)9-5-14-31(28)30(25)24-21(10-4-11-22(24)35-23)32-15-6-16-33(30)32/h3-16H,1-2H3/q+2. The lowest BCUT2D eigenvalue weighted by atomic mass is 9.75. The molecule has 3 aromatic carbocycles. The summed E-state index contributed by atoms with van der Waals surface area (Å²) in [6, 6.07) is 25.2. The average molecular weight is 469 g/mol. The van der Waals surface area contributed by atoms with E-state index in [2.05, 4.69) is 118 Å². The van der Waals surface area contributed by atoms with E-state index in [0.717, 1.165) is 0 Å². The molecule has 5 heteroatoms. The summed E-state index contributed by atoms with van der Waals surface area (Å²) < 4.78 is 9.97. The summed E-state index contributed by atoms with van der Waals surface area (Å²) in [4.78, 5) is 2.69. The van der Waals surface area contributed by atoms with Gasteiger partial charge < -0.3 is 0 Å². The number of para-hydroxylation sites is 1. The van der Waals surface area contributed by atoms with Crippen molar-refractivity contribution in [1.82, 2.24) is 9.25 Å². The number of nitrogens with zero attached hydrogens (tertiary/aromatic N) is 4.